The van der Waals surface area contributed by atoms with Crippen molar-refractivity contribution in [3.05, 3.63) is 47.9 Å². The molecule has 0 saturated carbocycles. The molecule has 1 atom stereocenters. The van der Waals surface area contributed by atoms with E-state index in [0.717, 1.165) is 18.5 Å². The van der Waals surface area contributed by atoms with Crippen LogP contribution in [0.4, 0.5) is 5.69 Å². The fraction of sp³-hybridized carbons (Fsp3) is 0.294. The molecule has 0 saturated heterocycles. The zero-order chi connectivity index (χ0) is 16.7. The van der Waals surface area contributed by atoms with Crippen molar-refractivity contribution in [1.82, 2.24) is 9.97 Å². The van der Waals surface area contributed by atoms with Crippen molar-refractivity contribution >= 4 is 23.4 Å². The number of nitrogens with one attached hydrogen (secondary N) is 1. The molecule has 2 rings (SSSR count). The summed E-state index contributed by atoms with van der Waals surface area (Å²) in [6, 6.07) is 9.24. The highest BCUT2D eigenvalue weighted by Gasteiger charge is 2.18. The van der Waals surface area contributed by atoms with Crippen LogP contribution in [0.1, 0.15) is 31.5 Å². The standard InChI is InChI=1S/C17H18N4OS/c1-3-4-14-6-5-13(11-18)17(21-14)23-12(2)16(22)20-15-7-9-19-10-8-15/h5-10,12H,3-4H2,1-2H3,(H,19,20,22). The van der Waals surface area contributed by atoms with E-state index in [1.54, 1.807) is 37.5 Å². The molecule has 1 amide bonds. The first kappa shape index (κ1) is 17.0. The lowest BCUT2D eigenvalue weighted by molar-refractivity contribution is -0.115. The van der Waals surface area contributed by atoms with Gasteiger partial charge in [0.25, 0.3) is 0 Å². The van der Waals surface area contributed by atoms with Crippen molar-refractivity contribution in [1.29, 1.82) is 5.26 Å². The topological polar surface area (TPSA) is 78.7 Å². The zero-order valence-electron chi connectivity index (χ0n) is 13.1. The SMILES string of the molecule is CCCc1ccc(C#N)c(SC(C)C(=O)Nc2ccncc2)n1. The first-order valence-electron chi connectivity index (χ1n) is 7.41. The molecule has 0 aliphatic heterocycles. The van der Waals surface area contributed by atoms with Crippen LogP contribution in [0, 0.1) is 11.3 Å². The Hall–Kier alpha value is -2.39. The second kappa shape index (κ2) is 8.30. The summed E-state index contributed by atoms with van der Waals surface area (Å²) in [6.45, 7) is 3.88. The summed E-state index contributed by atoms with van der Waals surface area (Å²) >= 11 is 1.30. The van der Waals surface area contributed by atoms with Crippen LogP contribution >= 0.6 is 11.8 Å². The highest BCUT2D eigenvalue weighted by molar-refractivity contribution is 8.00. The minimum absolute atomic E-state index is 0.132. The molecule has 1 N–H and O–H groups in total. The highest BCUT2D eigenvalue weighted by Crippen LogP contribution is 2.26. The van der Waals surface area contributed by atoms with Crippen molar-refractivity contribution in [3.63, 3.8) is 0 Å². The van der Waals surface area contributed by atoms with E-state index in [0.29, 0.717) is 16.3 Å². The van der Waals surface area contributed by atoms with Gasteiger partial charge in [0.2, 0.25) is 5.91 Å². The van der Waals surface area contributed by atoms with Crippen LogP contribution in [0.5, 0.6) is 0 Å². The van der Waals surface area contributed by atoms with Gasteiger partial charge in [0.15, 0.2) is 0 Å². The summed E-state index contributed by atoms with van der Waals surface area (Å²) in [4.78, 5) is 20.7. The lowest BCUT2D eigenvalue weighted by Gasteiger charge is -2.13. The van der Waals surface area contributed by atoms with Crippen LogP contribution < -0.4 is 5.32 Å². The summed E-state index contributed by atoms with van der Waals surface area (Å²) in [5.74, 6) is -0.132. The van der Waals surface area contributed by atoms with Gasteiger partial charge >= 0.3 is 0 Å². The Morgan fingerprint density at radius 3 is 2.74 bits per heavy atom. The molecule has 0 fully saturated rings. The van der Waals surface area contributed by atoms with Crippen LogP contribution in [0.15, 0.2) is 41.7 Å². The van der Waals surface area contributed by atoms with E-state index < -0.39 is 0 Å². The number of hydrogen-bond donors (Lipinski definition) is 1. The van der Waals surface area contributed by atoms with Crippen molar-refractivity contribution in [2.45, 2.75) is 37.0 Å². The Bertz CT molecular complexity index is 712. The Morgan fingerprint density at radius 2 is 2.09 bits per heavy atom. The van der Waals surface area contributed by atoms with E-state index in [4.69, 9.17) is 0 Å². The number of nitriles is 1. The molecule has 23 heavy (non-hydrogen) atoms. The van der Waals surface area contributed by atoms with Gasteiger partial charge in [0.1, 0.15) is 11.1 Å². The van der Waals surface area contributed by atoms with E-state index in [1.165, 1.54) is 11.8 Å². The molecular weight excluding hydrogens is 308 g/mol. The van der Waals surface area contributed by atoms with E-state index in [-0.39, 0.29) is 11.2 Å². The van der Waals surface area contributed by atoms with Crippen molar-refractivity contribution in [2.24, 2.45) is 0 Å². The van der Waals surface area contributed by atoms with Crippen molar-refractivity contribution < 1.29 is 4.79 Å². The molecule has 2 heterocycles. The average molecular weight is 326 g/mol. The first-order chi connectivity index (χ1) is 11.1. The second-order valence-corrected chi connectivity index (χ2v) is 6.33. The number of rotatable bonds is 6. The average Bonchev–Trinajstić information content (AvgIpc) is 2.56. The number of thioether (sulfide) groups is 1. The molecule has 0 aliphatic rings. The molecule has 2 aromatic rings. The Labute approximate surface area is 140 Å². The highest BCUT2D eigenvalue weighted by atomic mass is 32.2. The minimum atomic E-state index is -0.361. The number of carbonyl (C=O) groups is 1. The maximum atomic E-state index is 12.3. The Balaban J connectivity index is 2.09. The fourth-order valence-corrected chi connectivity index (χ4v) is 2.86. The molecule has 118 valence electrons. The van der Waals surface area contributed by atoms with E-state index >= 15 is 0 Å². The van der Waals surface area contributed by atoms with Gasteiger partial charge in [-0.1, -0.05) is 25.1 Å². The minimum Gasteiger partial charge on any atom is -0.325 e. The summed E-state index contributed by atoms with van der Waals surface area (Å²) in [6.07, 6.45) is 5.09. The molecule has 2 aromatic heterocycles. The van der Waals surface area contributed by atoms with Crippen LogP contribution in [0.3, 0.4) is 0 Å². The van der Waals surface area contributed by atoms with Crippen molar-refractivity contribution in [3.8, 4) is 6.07 Å². The molecule has 0 bridgehead atoms. The molecule has 0 aromatic carbocycles. The van der Waals surface area contributed by atoms with Crippen LogP contribution in [0.2, 0.25) is 0 Å². The van der Waals surface area contributed by atoms with Gasteiger partial charge < -0.3 is 5.32 Å². The van der Waals surface area contributed by atoms with Gasteiger partial charge in [-0.05, 0) is 37.6 Å². The lowest BCUT2D eigenvalue weighted by Crippen LogP contribution is -2.22. The summed E-state index contributed by atoms with van der Waals surface area (Å²) in [7, 11) is 0. The number of amides is 1. The van der Waals surface area contributed by atoms with Gasteiger partial charge in [0, 0.05) is 23.8 Å². The van der Waals surface area contributed by atoms with Gasteiger partial charge in [-0.3, -0.25) is 9.78 Å². The number of pyridine rings is 2. The van der Waals surface area contributed by atoms with Gasteiger partial charge in [-0.25, -0.2) is 4.98 Å². The first-order valence-corrected chi connectivity index (χ1v) is 8.29. The summed E-state index contributed by atoms with van der Waals surface area (Å²) in [5, 5.41) is 12.3. The number of carbonyl (C=O) groups excluding carboxylic acids is 1. The third-order valence-electron chi connectivity index (χ3n) is 3.15. The van der Waals surface area contributed by atoms with Gasteiger partial charge in [-0.2, -0.15) is 5.26 Å². The van der Waals surface area contributed by atoms with Gasteiger partial charge in [0.05, 0.1) is 10.8 Å². The van der Waals surface area contributed by atoms with Crippen LogP contribution in [-0.4, -0.2) is 21.1 Å². The maximum Gasteiger partial charge on any atom is 0.237 e. The third kappa shape index (κ3) is 4.80. The molecule has 0 aliphatic carbocycles. The van der Waals surface area contributed by atoms with E-state index in [1.807, 2.05) is 6.07 Å². The quantitative estimate of drug-likeness (QED) is 0.823. The summed E-state index contributed by atoms with van der Waals surface area (Å²) in [5.41, 5.74) is 2.14. The summed E-state index contributed by atoms with van der Waals surface area (Å²) < 4.78 is 0. The molecule has 0 spiro atoms. The predicted octanol–water partition coefficient (Wildman–Crippen LogP) is 3.42. The van der Waals surface area contributed by atoms with E-state index in [2.05, 4.69) is 28.3 Å². The van der Waals surface area contributed by atoms with Crippen LogP contribution in [0.25, 0.3) is 0 Å². The monoisotopic (exact) mass is 326 g/mol. The van der Waals surface area contributed by atoms with Crippen molar-refractivity contribution in [2.75, 3.05) is 5.32 Å². The molecular formula is C17H18N4OS. The molecule has 1 unspecified atom stereocenters. The fourth-order valence-electron chi connectivity index (χ4n) is 1.95. The Morgan fingerprint density at radius 1 is 1.35 bits per heavy atom. The molecule has 6 heteroatoms. The number of aryl methyl sites for hydroxylation is 1. The maximum absolute atomic E-state index is 12.3. The third-order valence-corrected chi connectivity index (χ3v) is 4.25. The number of aromatic nitrogens is 2. The zero-order valence-corrected chi connectivity index (χ0v) is 13.9. The van der Waals surface area contributed by atoms with E-state index in [9.17, 15) is 10.1 Å². The normalized spacial score (nSPS) is 11.5. The second-order valence-electron chi connectivity index (χ2n) is 5.00. The molecule has 0 radical (unpaired) electrons. The predicted molar refractivity (Wildman–Crippen MR) is 91.1 cm³/mol. The lowest BCUT2D eigenvalue weighted by atomic mass is 10.2. The van der Waals surface area contributed by atoms with Crippen LogP contribution in [-0.2, 0) is 11.2 Å². The smallest absolute Gasteiger partial charge is 0.237 e. The number of anilines is 1. The number of hydrogen-bond acceptors (Lipinski definition) is 5. The number of nitrogens with zero attached hydrogens (tertiary/aromatic N) is 3. The largest absolute Gasteiger partial charge is 0.325 e. The molecule has 5 nitrogen and oxygen atoms in total. The van der Waals surface area contributed by atoms with Gasteiger partial charge in [-0.15, -0.1) is 0 Å². The Kier molecular flexibility index (Phi) is 6.12.